The van der Waals surface area contributed by atoms with Crippen LogP contribution >= 0.6 is 0 Å². The Hall–Kier alpha value is -3.11. The van der Waals surface area contributed by atoms with Gasteiger partial charge in [-0.25, -0.2) is 4.98 Å². The van der Waals surface area contributed by atoms with Crippen molar-refractivity contribution in [2.45, 2.75) is 32.4 Å². The zero-order valence-electron chi connectivity index (χ0n) is 16.8. The van der Waals surface area contributed by atoms with Crippen molar-refractivity contribution in [3.63, 3.8) is 0 Å². The van der Waals surface area contributed by atoms with E-state index in [2.05, 4.69) is 24.5 Å². The molecule has 0 bridgehead atoms. The SMILES string of the molecule is CC(C)c1ccccc1OCCn1c(C(O)c2ccccc2)nc2ccccc21. The van der Waals surface area contributed by atoms with Crippen LogP contribution in [-0.4, -0.2) is 21.3 Å². The second-order valence-electron chi connectivity index (χ2n) is 7.46. The smallest absolute Gasteiger partial charge is 0.143 e. The van der Waals surface area contributed by atoms with Crippen LogP contribution in [0, 0.1) is 0 Å². The van der Waals surface area contributed by atoms with E-state index in [1.807, 2.05) is 72.8 Å². The summed E-state index contributed by atoms with van der Waals surface area (Å²) in [4.78, 5) is 4.72. The largest absolute Gasteiger partial charge is 0.491 e. The zero-order chi connectivity index (χ0) is 20.2. The zero-order valence-corrected chi connectivity index (χ0v) is 16.8. The van der Waals surface area contributed by atoms with Crippen molar-refractivity contribution < 1.29 is 9.84 Å². The number of ether oxygens (including phenoxy) is 1. The molecule has 0 spiro atoms. The van der Waals surface area contributed by atoms with Crippen LogP contribution in [0.3, 0.4) is 0 Å². The quantitative estimate of drug-likeness (QED) is 0.468. The van der Waals surface area contributed by atoms with Gasteiger partial charge in [-0.1, -0.05) is 74.5 Å². The second kappa shape index (κ2) is 8.50. The molecule has 0 saturated carbocycles. The Morgan fingerprint density at radius 1 is 0.897 bits per heavy atom. The molecule has 0 amide bonds. The Morgan fingerprint density at radius 2 is 1.59 bits per heavy atom. The summed E-state index contributed by atoms with van der Waals surface area (Å²) >= 11 is 0. The summed E-state index contributed by atoms with van der Waals surface area (Å²) in [5, 5.41) is 11.0. The van der Waals surface area contributed by atoms with Gasteiger partial charge in [-0.15, -0.1) is 0 Å². The van der Waals surface area contributed by atoms with Gasteiger partial charge in [0.15, 0.2) is 0 Å². The van der Waals surface area contributed by atoms with E-state index < -0.39 is 6.10 Å². The number of hydrogen-bond acceptors (Lipinski definition) is 3. The highest BCUT2D eigenvalue weighted by Gasteiger charge is 2.19. The molecule has 148 valence electrons. The van der Waals surface area contributed by atoms with E-state index in [1.165, 1.54) is 5.56 Å². The maximum atomic E-state index is 11.0. The minimum absolute atomic E-state index is 0.399. The first-order valence-corrected chi connectivity index (χ1v) is 10.0. The van der Waals surface area contributed by atoms with Crippen LogP contribution in [-0.2, 0) is 6.54 Å². The van der Waals surface area contributed by atoms with Crippen LogP contribution in [0.1, 0.15) is 42.8 Å². The van der Waals surface area contributed by atoms with Gasteiger partial charge in [0.2, 0.25) is 0 Å². The fraction of sp³-hybridized carbons (Fsp3) is 0.240. The third kappa shape index (κ3) is 4.03. The number of hydrogen-bond donors (Lipinski definition) is 1. The van der Waals surface area contributed by atoms with Gasteiger partial charge >= 0.3 is 0 Å². The maximum Gasteiger partial charge on any atom is 0.143 e. The maximum absolute atomic E-state index is 11.0. The summed E-state index contributed by atoms with van der Waals surface area (Å²) in [5.74, 6) is 1.95. The minimum atomic E-state index is -0.786. The normalized spacial score (nSPS) is 12.4. The fourth-order valence-corrected chi connectivity index (χ4v) is 3.66. The van der Waals surface area contributed by atoms with Crippen molar-refractivity contribution in [3.8, 4) is 5.75 Å². The lowest BCUT2D eigenvalue weighted by molar-refractivity contribution is 0.201. The average Bonchev–Trinajstić information content (AvgIpc) is 3.13. The molecule has 3 aromatic carbocycles. The number of aliphatic hydroxyl groups excluding tert-OH is 1. The molecule has 4 heteroatoms. The summed E-state index contributed by atoms with van der Waals surface area (Å²) in [6.07, 6.45) is -0.786. The number of benzene rings is 3. The third-order valence-corrected chi connectivity index (χ3v) is 5.16. The molecule has 0 aliphatic carbocycles. The predicted molar refractivity (Wildman–Crippen MR) is 116 cm³/mol. The van der Waals surface area contributed by atoms with Crippen LogP contribution in [0.2, 0.25) is 0 Å². The van der Waals surface area contributed by atoms with E-state index in [9.17, 15) is 5.11 Å². The van der Waals surface area contributed by atoms with Crippen molar-refractivity contribution in [2.24, 2.45) is 0 Å². The van der Waals surface area contributed by atoms with E-state index >= 15 is 0 Å². The molecule has 1 aromatic heterocycles. The first-order chi connectivity index (χ1) is 14.1. The van der Waals surface area contributed by atoms with Crippen molar-refractivity contribution in [3.05, 3.63) is 95.8 Å². The predicted octanol–water partition coefficient (Wildman–Crippen LogP) is 5.32. The molecule has 4 nitrogen and oxygen atoms in total. The van der Waals surface area contributed by atoms with Crippen molar-refractivity contribution in [1.82, 2.24) is 9.55 Å². The van der Waals surface area contributed by atoms with Crippen LogP contribution < -0.4 is 4.74 Å². The van der Waals surface area contributed by atoms with Gasteiger partial charge in [-0.05, 0) is 35.2 Å². The van der Waals surface area contributed by atoms with E-state index in [1.54, 1.807) is 0 Å². The molecular formula is C25H26N2O2. The molecule has 0 aliphatic heterocycles. The van der Waals surface area contributed by atoms with E-state index in [0.29, 0.717) is 24.9 Å². The molecule has 29 heavy (non-hydrogen) atoms. The summed E-state index contributed by atoms with van der Waals surface area (Å²) in [6.45, 7) is 5.44. The van der Waals surface area contributed by atoms with Gasteiger partial charge in [0.05, 0.1) is 17.6 Å². The number of aliphatic hydroxyl groups is 1. The van der Waals surface area contributed by atoms with Gasteiger partial charge in [-0.3, -0.25) is 0 Å². The lowest BCUT2D eigenvalue weighted by atomic mass is 10.0. The Morgan fingerprint density at radius 3 is 2.38 bits per heavy atom. The standard InChI is InChI=1S/C25H26N2O2/c1-18(2)20-12-6-9-15-23(20)29-17-16-27-22-14-8-7-13-21(22)26-25(27)24(28)19-10-4-3-5-11-19/h3-15,18,24,28H,16-17H2,1-2H3. The van der Waals surface area contributed by atoms with Gasteiger partial charge in [-0.2, -0.15) is 0 Å². The van der Waals surface area contributed by atoms with Crippen LogP contribution in [0.5, 0.6) is 5.75 Å². The Labute approximate surface area is 171 Å². The summed E-state index contributed by atoms with van der Waals surface area (Å²) in [5.41, 5.74) is 3.90. The summed E-state index contributed by atoms with van der Waals surface area (Å²) in [7, 11) is 0. The minimum Gasteiger partial charge on any atom is -0.491 e. The molecule has 1 unspecified atom stereocenters. The molecule has 4 rings (SSSR count). The van der Waals surface area contributed by atoms with Crippen LogP contribution in [0.4, 0.5) is 0 Å². The lowest BCUT2D eigenvalue weighted by Gasteiger charge is -2.17. The third-order valence-electron chi connectivity index (χ3n) is 5.16. The van der Waals surface area contributed by atoms with E-state index in [-0.39, 0.29) is 0 Å². The Bertz CT molecular complexity index is 1090. The average molecular weight is 386 g/mol. The number of imidazole rings is 1. The molecule has 0 radical (unpaired) electrons. The molecule has 1 N–H and O–H groups in total. The van der Waals surface area contributed by atoms with Gasteiger partial charge in [0, 0.05) is 0 Å². The lowest BCUT2D eigenvalue weighted by Crippen LogP contribution is -2.15. The molecule has 0 saturated heterocycles. The fourth-order valence-electron chi connectivity index (χ4n) is 3.66. The van der Waals surface area contributed by atoms with Crippen molar-refractivity contribution in [1.29, 1.82) is 0 Å². The van der Waals surface area contributed by atoms with Crippen molar-refractivity contribution >= 4 is 11.0 Å². The second-order valence-corrected chi connectivity index (χ2v) is 7.46. The number of nitrogens with zero attached hydrogens (tertiary/aromatic N) is 2. The van der Waals surface area contributed by atoms with Gasteiger partial charge < -0.3 is 14.4 Å². The monoisotopic (exact) mass is 386 g/mol. The molecule has 4 aromatic rings. The van der Waals surface area contributed by atoms with Gasteiger partial charge in [0.1, 0.15) is 24.3 Å². The molecular weight excluding hydrogens is 360 g/mol. The van der Waals surface area contributed by atoms with Crippen molar-refractivity contribution in [2.75, 3.05) is 6.61 Å². The highest BCUT2D eigenvalue weighted by atomic mass is 16.5. The summed E-state index contributed by atoms with van der Waals surface area (Å²) < 4.78 is 8.19. The van der Waals surface area contributed by atoms with Gasteiger partial charge in [0.25, 0.3) is 0 Å². The molecule has 0 aliphatic rings. The van der Waals surface area contributed by atoms with E-state index in [0.717, 1.165) is 22.3 Å². The van der Waals surface area contributed by atoms with Crippen LogP contribution in [0.25, 0.3) is 11.0 Å². The number of para-hydroxylation sites is 3. The number of aromatic nitrogens is 2. The van der Waals surface area contributed by atoms with Crippen LogP contribution in [0.15, 0.2) is 78.9 Å². The first-order valence-electron chi connectivity index (χ1n) is 10.0. The highest BCUT2D eigenvalue weighted by molar-refractivity contribution is 5.76. The van der Waals surface area contributed by atoms with E-state index in [4.69, 9.17) is 9.72 Å². The Balaban J connectivity index is 1.62. The summed E-state index contributed by atoms with van der Waals surface area (Å²) in [6, 6.07) is 25.8. The topological polar surface area (TPSA) is 47.3 Å². The molecule has 0 fully saturated rings. The number of fused-ring (bicyclic) bond motifs is 1. The molecule has 1 atom stereocenters. The Kier molecular flexibility index (Phi) is 5.63. The first kappa shape index (κ1) is 19.2. The number of rotatable bonds is 7. The highest BCUT2D eigenvalue weighted by Crippen LogP contribution is 2.28. The molecule has 1 heterocycles.